The SMILES string of the molecule is CCCOc1cc(N)cc(-n2ccnc2CC)c1. The molecule has 0 bridgehead atoms. The molecule has 0 aliphatic rings. The lowest BCUT2D eigenvalue weighted by molar-refractivity contribution is 0.317. The molecule has 4 heteroatoms. The van der Waals surface area contributed by atoms with Gasteiger partial charge in [0, 0.05) is 36.6 Å². The first kappa shape index (κ1) is 12.5. The number of aryl methyl sites for hydroxylation is 1. The number of nitrogen functional groups attached to an aromatic ring is 1. The number of hydrogen-bond donors (Lipinski definition) is 1. The maximum atomic E-state index is 5.92. The second kappa shape index (κ2) is 5.58. The van der Waals surface area contributed by atoms with Gasteiger partial charge < -0.3 is 15.0 Å². The van der Waals surface area contributed by atoms with Crippen LogP contribution >= 0.6 is 0 Å². The topological polar surface area (TPSA) is 53.1 Å². The predicted molar refractivity (Wildman–Crippen MR) is 73.1 cm³/mol. The molecule has 0 fully saturated rings. The van der Waals surface area contributed by atoms with Crippen molar-refractivity contribution in [1.82, 2.24) is 9.55 Å². The van der Waals surface area contributed by atoms with Gasteiger partial charge in [0.25, 0.3) is 0 Å². The highest BCUT2D eigenvalue weighted by Gasteiger charge is 2.06. The van der Waals surface area contributed by atoms with Crippen molar-refractivity contribution in [2.45, 2.75) is 26.7 Å². The van der Waals surface area contributed by atoms with E-state index in [2.05, 4.69) is 18.8 Å². The van der Waals surface area contributed by atoms with E-state index in [9.17, 15) is 0 Å². The molecule has 0 unspecified atom stereocenters. The van der Waals surface area contributed by atoms with Crippen LogP contribution in [0.1, 0.15) is 26.1 Å². The Kier molecular flexibility index (Phi) is 3.87. The standard InChI is InChI=1S/C14H19N3O/c1-3-7-18-13-9-11(15)8-12(10-13)17-6-5-16-14(17)4-2/h5-6,8-10H,3-4,7,15H2,1-2H3. The smallest absolute Gasteiger partial charge is 0.123 e. The Labute approximate surface area is 107 Å². The Hall–Kier alpha value is -1.97. The summed E-state index contributed by atoms with van der Waals surface area (Å²) in [7, 11) is 0. The van der Waals surface area contributed by atoms with Gasteiger partial charge in [-0.2, -0.15) is 0 Å². The minimum atomic E-state index is 0.702. The number of aromatic nitrogens is 2. The summed E-state index contributed by atoms with van der Waals surface area (Å²) in [5.74, 6) is 1.82. The van der Waals surface area contributed by atoms with E-state index >= 15 is 0 Å². The first-order valence-corrected chi connectivity index (χ1v) is 6.30. The monoisotopic (exact) mass is 245 g/mol. The Morgan fingerprint density at radius 3 is 2.83 bits per heavy atom. The van der Waals surface area contributed by atoms with Gasteiger partial charge >= 0.3 is 0 Å². The summed E-state index contributed by atoms with van der Waals surface area (Å²) < 4.78 is 7.67. The fraction of sp³-hybridized carbons (Fsp3) is 0.357. The molecule has 4 nitrogen and oxygen atoms in total. The number of benzene rings is 1. The largest absolute Gasteiger partial charge is 0.493 e. The van der Waals surface area contributed by atoms with Crippen LogP contribution in [0.15, 0.2) is 30.6 Å². The van der Waals surface area contributed by atoms with E-state index in [4.69, 9.17) is 10.5 Å². The van der Waals surface area contributed by atoms with Crippen molar-refractivity contribution in [2.24, 2.45) is 0 Å². The lowest BCUT2D eigenvalue weighted by Crippen LogP contribution is -2.02. The third-order valence-corrected chi connectivity index (χ3v) is 2.70. The predicted octanol–water partition coefficient (Wildman–Crippen LogP) is 2.81. The summed E-state index contributed by atoms with van der Waals surface area (Å²) in [6, 6.07) is 5.77. The highest BCUT2D eigenvalue weighted by Crippen LogP contribution is 2.23. The quantitative estimate of drug-likeness (QED) is 0.824. The second-order valence-corrected chi connectivity index (χ2v) is 4.18. The molecule has 0 saturated heterocycles. The van der Waals surface area contributed by atoms with Gasteiger partial charge in [0.1, 0.15) is 11.6 Å². The summed E-state index contributed by atoms with van der Waals surface area (Å²) >= 11 is 0. The maximum Gasteiger partial charge on any atom is 0.123 e. The molecule has 2 rings (SSSR count). The summed E-state index contributed by atoms with van der Waals surface area (Å²) in [6.07, 6.45) is 5.61. The third kappa shape index (κ3) is 2.64. The number of hydrogen-bond acceptors (Lipinski definition) is 3. The van der Waals surface area contributed by atoms with Gasteiger partial charge in [-0.15, -0.1) is 0 Å². The van der Waals surface area contributed by atoms with Crippen molar-refractivity contribution in [1.29, 1.82) is 0 Å². The Bertz CT molecular complexity index is 520. The van der Waals surface area contributed by atoms with Crippen molar-refractivity contribution in [2.75, 3.05) is 12.3 Å². The van der Waals surface area contributed by atoms with Crippen LogP contribution in [0.2, 0.25) is 0 Å². The zero-order valence-corrected chi connectivity index (χ0v) is 10.9. The zero-order valence-electron chi connectivity index (χ0n) is 10.9. The zero-order chi connectivity index (χ0) is 13.0. The van der Waals surface area contributed by atoms with E-state index in [1.807, 2.05) is 29.0 Å². The molecular formula is C14H19N3O. The van der Waals surface area contributed by atoms with Crippen molar-refractivity contribution in [3.8, 4) is 11.4 Å². The molecule has 0 amide bonds. The van der Waals surface area contributed by atoms with Gasteiger partial charge in [0.15, 0.2) is 0 Å². The van der Waals surface area contributed by atoms with E-state index in [1.54, 1.807) is 6.20 Å². The van der Waals surface area contributed by atoms with Crippen LogP contribution < -0.4 is 10.5 Å². The van der Waals surface area contributed by atoms with Crippen LogP contribution in [0.25, 0.3) is 5.69 Å². The van der Waals surface area contributed by atoms with Crippen LogP contribution in [0.4, 0.5) is 5.69 Å². The van der Waals surface area contributed by atoms with Crippen LogP contribution in [0.5, 0.6) is 5.75 Å². The molecule has 0 radical (unpaired) electrons. The molecule has 1 heterocycles. The minimum Gasteiger partial charge on any atom is -0.493 e. The van der Waals surface area contributed by atoms with E-state index in [0.717, 1.165) is 30.1 Å². The van der Waals surface area contributed by atoms with E-state index in [0.29, 0.717) is 12.3 Å². The minimum absolute atomic E-state index is 0.702. The number of ether oxygens (including phenoxy) is 1. The molecular weight excluding hydrogens is 226 g/mol. The number of imidazole rings is 1. The first-order valence-electron chi connectivity index (χ1n) is 6.30. The number of anilines is 1. The van der Waals surface area contributed by atoms with E-state index in [-0.39, 0.29) is 0 Å². The fourth-order valence-electron chi connectivity index (χ4n) is 1.88. The molecule has 96 valence electrons. The van der Waals surface area contributed by atoms with Crippen molar-refractivity contribution in [3.05, 3.63) is 36.4 Å². The Morgan fingerprint density at radius 2 is 2.11 bits per heavy atom. The molecule has 0 aliphatic heterocycles. The highest BCUT2D eigenvalue weighted by molar-refractivity contribution is 5.54. The Balaban J connectivity index is 2.35. The normalized spacial score (nSPS) is 10.6. The summed E-state index contributed by atoms with van der Waals surface area (Å²) in [6.45, 7) is 4.87. The van der Waals surface area contributed by atoms with Crippen molar-refractivity contribution < 1.29 is 4.74 Å². The number of nitrogens with zero attached hydrogens (tertiary/aromatic N) is 2. The highest BCUT2D eigenvalue weighted by atomic mass is 16.5. The van der Waals surface area contributed by atoms with Crippen LogP contribution in [-0.2, 0) is 6.42 Å². The molecule has 2 aromatic rings. The average molecular weight is 245 g/mol. The number of rotatable bonds is 5. The van der Waals surface area contributed by atoms with Crippen LogP contribution in [-0.4, -0.2) is 16.2 Å². The van der Waals surface area contributed by atoms with E-state index < -0.39 is 0 Å². The van der Waals surface area contributed by atoms with Gasteiger partial charge in [-0.05, 0) is 12.5 Å². The van der Waals surface area contributed by atoms with Crippen LogP contribution in [0.3, 0.4) is 0 Å². The summed E-state index contributed by atoms with van der Waals surface area (Å²) in [5, 5.41) is 0. The fourth-order valence-corrected chi connectivity index (χ4v) is 1.88. The van der Waals surface area contributed by atoms with Crippen molar-refractivity contribution in [3.63, 3.8) is 0 Å². The van der Waals surface area contributed by atoms with Gasteiger partial charge in [0.2, 0.25) is 0 Å². The number of nitrogens with two attached hydrogens (primary N) is 1. The lowest BCUT2D eigenvalue weighted by Gasteiger charge is -2.11. The van der Waals surface area contributed by atoms with E-state index in [1.165, 1.54) is 0 Å². The molecule has 18 heavy (non-hydrogen) atoms. The molecule has 0 spiro atoms. The maximum absolute atomic E-state index is 5.92. The molecule has 0 aliphatic carbocycles. The average Bonchev–Trinajstić information content (AvgIpc) is 2.84. The van der Waals surface area contributed by atoms with Gasteiger partial charge in [-0.25, -0.2) is 4.98 Å². The van der Waals surface area contributed by atoms with Gasteiger partial charge in [-0.1, -0.05) is 13.8 Å². The molecule has 0 saturated carbocycles. The van der Waals surface area contributed by atoms with Crippen LogP contribution in [0, 0.1) is 0 Å². The van der Waals surface area contributed by atoms with Gasteiger partial charge in [0.05, 0.1) is 12.3 Å². The summed E-state index contributed by atoms with van der Waals surface area (Å²) in [4.78, 5) is 4.31. The Morgan fingerprint density at radius 1 is 1.28 bits per heavy atom. The molecule has 1 aromatic heterocycles. The molecule has 0 atom stereocenters. The molecule has 2 N–H and O–H groups in total. The van der Waals surface area contributed by atoms with Gasteiger partial charge in [-0.3, -0.25) is 0 Å². The summed E-state index contributed by atoms with van der Waals surface area (Å²) in [5.41, 5.74) is 7.61. The van der Waals surface area contributed by atoms with Crippen molar-refractivity contribution >= 4 is 5.69 Å². The molecule has 1 aromatic carbocycles. The lowest BCUT2D eigenvalue weighted by atomic mass is 10.2. The second-order valence-electron chi connectivity index (χ2n) is 4.18. The third-order valence-electron chi connectivity index (χ3n) is 2.70. The first-order chi connectivity index (χ1) is 8.74.